The Morgan fingerprint density at radius 3 is 2.73 bits per heavy atom. The van der Waals surface area contributed by atoms with Crippen LogP contribution in [0.15, 0.2) is 41.2 Å². The molecular weight excluding hydrogens is 411 g/mol. The number of carboxylic acids is 1. The van der Waals surface area contributed by atoms with Crippen LogP contribution in [0.25, 0.3) is 16.2 Å². The number of carboxylic acid groups (broad SMARTS) is 1. The van der Waals surface area contributed by atoms with Crippen molar-refractivity contribution in [3.63, 3.8) is 0 Å². The Kier molecular flexibility index (Phi) is 4.13. The van der Waals surface area contributed by atoms with Gasteiger partial charge in [0.15, 0.2) is 22.4 Å². The first-order valence-electron chi connectivity index (χ1n) is 9.04. The van der Waals surface area contributed by atoms with Gasteiger partial charge >= 0.3 is 5.97 Å². The number of carbonyl (C=O) groups is 1. The van der Waals surface area contributed by atoms with Crippen molar-refractivity contribution >= 4 is 34.2 Å². The maximum Gasteiger partial charge on any atom is 0.341 e. The molecule has 0 amide bonds. The van der Waals surface area contributed by atoms with Gasteiger partial charge in [-0.25, -0.2) is 24.1 Å². The van der Waals surface area contributed by atoms with Gasteiger partial charge in [-0.05, 0) is 6.07 Å². The molecule has 0 bridgehead atoms. The first kappa shape index (κ1) is 18.4. The van der Waals surface area contributed by atoms with Crippen molar-refractivity contribution in [1.82, 2.24) is 24.1 Å². The molecular formula is C19H15FN6O3S. The van der Waals surface area contributed by atoms with Gasteiger partial charge in [0.1, 0.15) is 5.56 Å². The van der Waals surface area contributed by atoms with Gasteiger partial charge in [0, 0.05) is 50.0 Å². The standard InChI is InChI=1S/C19H15FN6O3S/c1-24-8-14(22-9-24)10-5-25(6-10)17-13(20)4-11-15(27)12(18(28)29)7-26(16(11)23-17)19-21-2-3-30-19/h2-4,7-10H,5-6H2,1H3,(H,28,29). The number of fused-ring (bicyclic) bond motifs is 1. The van der Waals surface area contributed by atoms with Crippen LogP contribution in [0.4, 0.5) is 10.2 Å². The predicted octanol–water partition coefficient (Wildman–Crippen LogP) is 2.02. The molecule has 1 saturated heterocycles. The molecule has 4 aromatic rings. The molecule has 0 aromatic carbocycles. The quantitative estimate of drug-likeness (QED) is 0.532. The Labute approximate surface area is 172 Å². The fraction of sp³-hybridized carbons (Fsp3) is 0.211. The minimum Gasteiger partial charge on any atom is -0.477 e. The zero-order valence-corrected chi connectivity index (χ0v) is 16.5. The van der Waals surface area contributed by atoms with Crippen LogP contribution in [0, 0.1) is 5.82 Å². The van der Waals surface area contributed by atoms with Gasteiger partial charge in [0.25, 0.3) is 0 Å². The third-order valence-corrected chi connectivity index (χ3v) is 5.86. The van der Waals surface area contributed by atoms with Crippen molar-refractivity contribution in [3.05, 3.63) is 63.7 Å². The minimum atomic E-state index is -1.39. The summed E-state index contributed by atoms with van der Waals surface area (Å²) in [5, 5.41) is 11.4. The summed E-state index contributed by atoms with van der Waals surface area (Å²) in [6, 6.07) is 1.06. The normalized spacial score (nSPS) is 14.3. The van der Waals surface area contributed by atoms with Crippen molar-refractivity contribution < 1.29 is 14.3 Å². The van der Waals surface area contributed by atoms with Crippen molar-refractivity contribution in [1.29, 1.82) is 0 Å². The average molecular weight is 426 g/mol. The summed E-state index contributed by atoms with van der Waals surface area (Å²) in [4.78, 5) is 38.8. The summed E-state index contributed by atoms with van der Waals surface area (Å²) in [5.41, 5.74) is -0.151. The van der Waals surface area contributed by atoms with E-state index in [1.807, 2.05) is 17.8 Å². The maximum atomic E-state index is 14.9. The molecule has 0 unspecified atom stereocenters. The molecule has 0 atom stereocenters. The molecule has 30 heavy (non-hydrogen) atoms. The highest BCUT2D eigenvalue weighted by Crippen LogP contribution is 2.32. The first-order valence-corrected chi connectivity index (χ1v) is 9.92. The van der Waals surface area contributed by atoms with Crippen molar-refractivity contribution in [3.8, 4) is 5.13 Å². The zero-order chi connectivity index (χ0) is 21.0. The molecule has 0 spiro atoms. The van der Waals surface area contributed by atoms with E-state index in [0.29, 0.717) is 18.2 Å². The summed E-state index contributed by atoms with van der Waals surface area (Å²) in [5.74, 6) is -1.79. The number of hydrogen-bond acceptors (Lipinski definition) is 7. The molecule has 0 radical (unpaired) electrons. The first-order chi connectivity index (χ1) is 14.4. The second kappa shape index (κ2) is 6.73. The number of imidazole rings is 1. The van der Waals surface area contributed by atoms with Crippen molar-refractivity contribution in [2.24, 2.45) is 7.05 Å². The van der Waals surface area contributed by atoms with Gasteiger partial charge in [-0.3, -0.25) is 9.36 Å². The fourth-order valence-electron chi connectivity index (χ4n) is 3.55. The van der Waals surface area contributed by atoms with E-state index < -0.39 is 22.8 Å². The van der Waals surface area contributed by atoms with E-state index in [-0.39, 0.29) is 22.8 Å². The summed E-state index contributed by atoms with van der Waals surface area (Å²) >= 11 is 1.25. The van der Waals surface area contributed by atoms with Crippen LogP contribution in [0.2, 0.25) is 0 Å². The van der Waals surface area contributed by atoms with E-state index in [1.54, 1.807) is 22.8 Å². The fourth-order valence-corrected chi connectivity index (χ4v) is 4.17. The second-order valence-electron chi connectivity index (χ2n) is 7.09. The molecule has 0 aliphatic carbocycles. The molecule has 152 valence electrons. The molecule has 4 aromatic heterocycles. The highest BCUT2D eigenvalue weighted by atomic mass is 32.1. The third kappa shape index (κ3) is 2.86. The van der Waals surface area contributed by atoms with E-state index in [2.05, 4.69) is 15.0 Å². The maximum absolute atomic E-state index is 14.9. The van der Waals surface area contributed by atoms with Crippen molar-refractivity contribution in [2.75, 3.05) is 18.0 Å². The van der Waals surface area contributed by atoms with E-state index in [4.69, 9.17) is 0 Å². The van der Waals surface area contributed by atoms with Crippen LogP contribution in [0.1, 0.15) is 22.0 Å². The van der Waals surface area contributed by atoms with E-state index in [0.717, 1.165) is 11.8 Å². The molecule has 1 N–H and O–H groups in total. The summed E-state index contributed by atoms with van der Waals surface area (Å²) in [7, 11) is 1.89. The number of rotatable bonds is 4. The largest absolute Gasteiger partial charge is 0.477 e. The lowest BCUT2D eigenvalue weighted by Crippen LogP contribution is -2.46. The Hall–Kier alpha value is -3.60. The lowest BCUT2D eigenvalue weighted by molar-refractivity contribution is 0.0695. The highest BCUT2D eigenvalue weighted by molar-refractivity contribution is 7.12. The third-order valence-electron chi connectivity index (χ3n) is 5.09. The van der Waals surface area contributed by atoms with Gasteiger partial charge < -0.3 is 14.6 Å². The van der Waals surface area contributed by atoms with Gasteiger partial charge in [-0.15, -0.1) is 11.3 Å². The number of anilines is 1. The van der Waals surface area contributed by atoms with Crippen LogP contribution >= 0.6 is 11.3 Å². The lowest BCUT2D eigenvalue weighted by atomic mass is 9.97. The molecule has 1 fully saturated rings. The van der Waals surface area contributed by atoms with Crippen molar-refractivity contribution in [2.45, 2.75) is 5.92 Å². The lowest BCUT2D eigenvalue weighted by Gasteiger charge is -2.39. The zero-order valence-electron chi connectivity index (χ0n) is 15.7. The van der Waals surface area contributed by atoms with Crippen LogP contribution in [0.3, 0.4) is 0 Å². The predicted molar refractivity (Wildman–Crippen MR) is 108 cm³/mol. The smallest absolute Gasteiger partial charge is 0.341 e. The minimum absolute atomic E-state index is 0.104. The van der Waals surface area contributed by atoms with Crippen LogP contribution in [-0.4, -0.2) is 48.3 Å². The molecule has 5 rings (SSSR count). The molecule has 11 heteroatoms. The SMILES string of the molecule is Cn1cnc(C2CN(c3nc4c(cc3F)c(=O)c(C(=O)O)cn4-c3nccs3)C2)c1. The molecule has 9 nitrogen and oxygen atoms in total. The van der Waals surface area contributed by atoms with Crippen LogP contribution < -0.4 is 10.3 Å². The van der Waals surface area contributed by atoms with Crippen LogP contribution in [0.5, 0.6) is 0 Å². The molecule has 1 aliphatic heterocycles. The van der Waals surface area contributed by atoms with Gasteiger partial charge in [-0.1, -0.05) is 0 Å². The van der Waals surface area contributed by atoms with Crippen LogP contribution in [-0.2, 0) is 7.05 Å². The number of aryl methyl sites for hydroxylation is 1. The Morgan fingerprint density at radius 2 is 2.10 bits per heavy atom. The second-order valence-corrected chi connectivity index (χ2v) is 7.97. The molecule has 5 heterocycles. The number of thiazole rings is 1. The highest BCUT2D eigenvalue weighted by Gasteiger charge is 2.33. The van der Waals surface area contributed by atoms with Gasteiger partial charge in [0.2, 0.25) is 5.43 Å². The van der Waals surface area contributed by atoms with E-state index in [9.17, 15) is 19.1 Å². The summed E-state index contributed by atoms with van der Waals surface area (Å²) in [6.07, 6.45) is 6.40. The Balaban J connectivity index is 1.61. The number of hydrogen-bond donors (Lipinski definition) is 1. The summed E-state index contributed by atoms with van der Waals surface area (Å²) < 4.78 is 18.2. The average Bonchev–Trinajstić information content (AvgIpc) is 3.34. The van der Waals surface area contributed by atoms with Gasteiger partial charge in [0.05, 0.1) is 17.4 Å². The molecule has 0 saturated carbocycles. The monoisotopic (exact) mass is 426 g/mol. The Morgan fingerprint density at radius 1 is 1.30 bits per heavy atom. The molecule has 1 aliphatic rings. The summed E-state index contributed by atoms with van der Waals surface area (Å²) in [6.45, 7) is 1.09. The number of aromatic carboxylic acids is 1. The topological polar surface area (TPSA) is 106 Å². The number of nitrogens with zero attached hydrogens (tertiary/aromatic N) is 6. The number of halogens is 1. The number of pyridine rings is 2. The van der Waals surface area contributed by atoms with E-state index >= 15 is 0 Å². The Bertz CT molecular complexity index is 1340. The van der Waals surface area contributed by atoms with E-state index in [1.165, 1.54) is 22.1 Å². The number of aromatic nitrogens is 5. The van der Waals surface area contributed by atoms with Gasteiger partial charge in [-0.2, -0.15) is 0 Å².